The molecule has 0 amide bonds. The van der Waals surface area contributed by atoms with Crippen LogP contribution in [0.5, 0.6) is 0 Å². The number of pyridine rings is 1. The van der Waals surface area contributed by atoms with E-state index < -0.39 is 0 Å². The fourth-order valence-electron chi connectivity index (χ4n) is 6.56. The summed E-state index contributed by atoms with van der Waals surface area (Å²) in [5.74, 6) is 0. The van der Waals surface area contributed by atoms with Gasteiger partial charge in [0.25, 0.3) is 0 Å². The molecule has 9 aromatic rings. The minimum atomic E-state index is 0.985. The summed E-state index contributed by atoms with van der Waals surface area (Å²) in [6.07, 6.45) is 1.95. The molecule has 0 atom stereocenters. The summed E-state index contributed by atoms with van der Waals surface area (Å²) in [5, 5.41) is 5.06. The van der Waals surface area contributed by atoms with Gasteiger partial charge in [-0.15, -0.1) is 11.3 Å². The Labute approximate surface area is 259 Å². The molecule has 0 aliphatic carbocycles. The number of fused-ring (bicyclic) bond motifs is 6. The molecule has 0 saturated carbocycles. The Bertz CT molecular complexity index is 2470. The van der Waals surface area contributed by atoms with Gasteiger partial charge >= 0.3 is 0 Å². The Morgan fingerprint density at radius 2 is 1.05 bits per heavy atom. The number of rotatable bonds is 4. The van der Waals surface area contributed by atoms with Gasteiger partial charge in [-0.1, -0.05) is 103 Å². The maximum Gasteiger partial charge on any atom is 0.0948 e. The van der Waals surface area contributed by atoms with E-state index >= 15 is 0 Å². The van der Waals surface area contributed by atoms with Crippen LogP contribution in [0.2, 0.25) is 0 Å². The summed E-state index contributed by atoms with van der Waals surface area (Å²) in [7, 11) is 0. The summed E-state index contributed by atoms with van der Waals surface area (Å²) in [6, 6.07) is 54.6. The lowest BCUT2D eigenvalue weighted by Crippen LogP contribution is -1.97. The highest BCUT2D eigenvalue weighted by atomic mass is 32.1. The normalized spacial score (nSPS) is 11.6. The zero-order chi connectivity index (χ0) is 29.0. The number of benzene rings is 6. The Hall–Kier alpha value is -5.51. The van der Waals surface area contributed by atoms with Gasteiger partial charge in [-0.05, 0) is 70.8 Å². The molecule has 206 valence electrons. The van der Waals surface area contributed by atoms with Gasteiger partial charge < -0.3 is 4.57 Å². The van der Waals surface area contributed by atoms with Gasteiger partial charge in [0.05, 0.1) is 16.7 Å². The molecule has 44 heavy (non-hydrogen) atoms. The van der Waals surface area contributed by atoms with E-state index in [4.69, 9.17) is 4.98 Å². The average molecular weight is 579 g/mol. The van der Waals surface area contributed by atoms with Gasteiger partial charge in [0.15, 0.2) is 0 Å². The maximum atomic E-state index is 4.94. The zero-order valence-electron chi connectivity index (χ0n) is 23.8. The van der Waals surface area contributed by atoms with Gasteiger partial charge in [0, 0.05) is 48.4 Å². The maximum absolute atomic E-state index is 4.94. The van der Waals surface area contributed by atoms with Crippen molar-refractivity contribution in [1.29, 1.82) is 0 Å². The number of nitrogens with zero attached hydrogens (tertiary/aromatic N) is 2. The molecule has 0 aliphatic rings. The van der Waals surface area contributed by atoms with E-state index in [1.54, 1.807) is 0 Å². The van der Waals surface area contributed by atoms with Crippen molar-refractivity contribution in [3.05, 3.63) is 158 Å². The highest BCUT2D eigenvalue weighted by molar-refractivity contribution is 7.25. The standard InChI is InChI=1S/C41H26N2S/c1-3-9-27(10-4-1)28-15-19-32(20-16-28)43-37-21-17-30(31-18-22-39-36(26-31)33-13-7-8-14-38(33)44-39)25-35(37)34-23-24-42-40(41(34)43)29-11-5-2-6-12-29/h1-26H. The third kappa shape index (κ3) is 3.98. The monoisotopic (exact) mass is 578 g/mol. The highest BCUT2D eigenvalue weighted by Crippen LogP contribution is 2.41. The molecule has 2 nitrogen and oxygen atoms in total. The van der Waals surface area contributed by atoms with Crippen LogP contribution in [0.3, 0.4) is 0 Å². The van der Waals surface area contributed by atoms with E-state index in [9.17, 15) is 0 Å². The molecule has 6 aromatic carbocycles. The van der Waals surface area contributed by atoms with E-state index in [-0.39, 0.29) is 0 Å². The first-order valence-electron chi connectivity index (χ1n) is 14.9. The van der Waals surface area contributed by atoms with Gasteiger partial charge in [0.1, 0.15) is 0 Å². The first kappa shape index (κ1) is 25.0. The molecular weight excluding hydrogens is 553 g/mol. The van der Waals surface area contributed by atoms with E-state index in [1.165, 1.54) is 58.7 Å². The van der Waals surface area contributed by atoms with Gasteiger partial charge in [0.2, 0.25) is 0 Å². The Kier molecular flexibility index (Phi) is 5.71. The van der Waals surface area contributed by atoms with Crippen LogP contribution in [0.25, 0.3) is 81.2 Å². The van der Waals surface area contributed by atoms with Crippen molar-refractivity contribution in [2.45, 2.75) is 0 Å². The molecule has 9 rings (SSSR count). The second-order valence-corrected chi connectivity index (χ2v) is 12.3. The molecule has 0 radical (unpaired) electrons. The molecule has 3 heteroatoms. The SMILES string of the molecule is c1ccc(-c2ccc(-n3c4ccc(-c5ccc6sc7ccccc7c6c5)cc4c4ccnc(-c5ccccc5)c43)cc2)cc1. The van der Waals surface area contributed by atoms with E-state index in [0.717, 1.165) is 22.5 Å². The first-order chi connectivity index (χ1) is 21.8. The molecular formula is C41H26N2S. The van der Waals surface area contributed by atoms with Crippen molar-refractivity contribution in [3.63, 3.8) is 0 Å². The molecule has 0 spiro atoms. The topological polar surface area (TPSA) is 17.8 Å². The van der Waals surface area contributed by atoms with Gasteiger partial charge in [-0.3, -0.25) is 4.98 Å². The van der Waals surface area contributed by atoms with E-state index in [2.05, 4.69) is 156 Å². The van der Waals surface area contributed by atoms with E-state index in [0.29, 0.717) is 0 Å². The first-order valence-corrected chi connectivity index (χ1v) is 15.7. The molecule has 0 fully saturated rings. The van der Waals surface area contributed by atoms with Gasteiger partial charge in [-0.2, -0.15) is 0 Å². The lowest BCUT2D eigenvalue weighted by Gasteiger charge is -2.12. The molecule has 0 bridgehead atoms. The van der Waals surface area contributed by atoms with Gasteiger partial charge in [-0.25, -0.2) is 0 Å². The quantitative estimate of drug-likeness (QED) is 0.203. The Morgan fingerprint density at radius 1 is 0.432 bits per heavy atom. The third-order valence-electron chi connectivity index (χ3n) is 8.67. The zero-order valence-corrected chi connectivity index (χ0v) is 24.6. The summed E-state index contributed by atoms with van der Waals surface area (Å²) in [6.45, 7) is 0. The van der Waals surface area contributed by atoms with Crippen molar-refractivity contribution >= 4 is 53.3 Å². The van der Waals surface area contributed by atoms with Crippen molar-refractivity contribution in [2.75, 3.05) is 0 Å². The molecule has 0 N–H and O–H groups in total. The molecule has 0 aliphatic heterocycles. The molecule has 0 unspecified atom stereocenters. The second kappa shape index (κ2) is 10.0. The fourth-order valence-corrected chi connectivity index (χ4v) is 7.65. The second-order valence-electron chi connectivity index (χ2n) is 11.2. The fraction of sp³-hybridized carbons (Fsp3) is 0. The van der Waals surface area contributed by atoms with Crippen LogP contribution in [-0.4, -0.2) is 9.55 Å². The van der Waals surface area contributed by atoms with Crippen LogP contribution in [-0.2, 0) is 0 Å². The van der Waals surface area contributed by atoms with Crippen molar-refractivity contribution in [3.8, 4) is 39.2 Å². The predicted molar refractivity (Wildman–Crippen MR) is 188 cm³/mol. The smallest absolute Gasteiger partial charge is 0.0948 e. The van der Waals surface area contributed by atoms with Crippen LogP contribution in [0.4, 0.5) is 0 Å². The Morgan fingerprint density at radius 3 is 1.84 bits per heavy atom. The number of aromatic nitrogens is 2. The summed E-state index contributed by atoms with van der Waals surface area (Å²) in [4.78, 5) is 4.94. The molecule has 0 saturated heterocycles. The minimum Gasteiger partial charge on any atom is -0.307 e. The average Bonchev–Trinajstić information content (AvgIpc) is 3.64. The van der Waals surface area contributed by atoms with Crippen LogP contribution in [0, 0.1) is 0 Å². The lowest BCUT2D eigenvalue weighted by molar-refractivity contribution is 1.17. The largest absolute Gasteiger partial charge is 0.307 e. The summed E-state index contributed by atoms with van der Waals surface area (Å²) < 4.78 is 5.04. The Balaban J connectivity index is 1.28. The number of thiophene rings is 1. The summed E-state index contributed by atoms with van der Waals surface area (Å²) >= 11 is 1.86. The number of hydrogen-bond acceptors (Lipinski definition) is 2. The highest BCUT2D eigenvalue weighted by Gasteiger charge is 2.18. The third-order valence-corrected chi connectivity index (χ3v) is 9.82. The predicted octanol–water partition coefficient (Wildman–Crippen LogP) is 11.5. The van der Waals surface area contributed by atoms with Crippen LogP contribution >= 0.6 is 11.3 Å². The van der Waals surface area contributed by atoms with Crippen molar-refractivity contribution in [2.24, 2.45) is 0 Å². The van der Waals surface area contributed by atoms with Crippen LogP contribution in [0.15, 0.2) is 158 Å². The number of hydrogen-bond donors (Lipinski definition) is 0. The van der Waals surface area contributed by atoms with Crippen LogP contribution in [0.1, 0.15) is 0 Å². The van der Waals surface area contributed by atoms with Crippen LogP contribution < -0.4 is 0 Å². The van der Waals surface area contributed by atoms with E-state index in [1.807, 2.05) is 17.5 Å². The minimum absolute atomic E-state index is 0.985. The summed E-state index contributed by atoms with van der Waals surface area (Å²) in [5.41, 5.74) is 10.4. The molecule has 3 heterocycles. The van der Waals surface area contributed by atoms with Crippen molar-refractivity contribution in [1.82, 2.24) is 9.55 Å². The molecule has 3 aromatic heterocycles. The van der Waals surface area contributed by atoms with Crippen molar-refractivity contribution < 1.29 is 0 Å². The lowest BCUT2D eigenvalue weighted by atomic mass is 10.0.